The monoisotopic (exact) mass is 956 g/mol. The Morgan fingerprint density at radius 3 is 0.824 bits per heavy atom. The van der Waals surface area contributed by atoms with Crippen LogP contribution in [-0.2, 0) is 33.4 Å². The summed E-state index contributed by atoms with van der Waals surface area (Å²) in [5.41, 5.74) is 0. The quantitative estimate of drug-likeness (QED) is 0.0259. The van der Waals surface area contributed by atoms with E-state index in [2.05, 4.69) is 57.2 Å². The van der Waals surface area contributed by atoms with E-state index in [-0.39, 0.29) is 63.1 Å². The van der Waals surface area contributed by atoms with Crippen molar-refractivity contribution in [3.8, 4) is 0 Å². The lowest BCUT2D eigenvalue weighted by atomic mass is 10.1. The Labute approximate surface area is 420 Å². The lowest BCUT2D eigenvalue weighted by Crippen LogP contribution is -2.40. The molecule has 0 atom stereocenters. The topological polar surface area (TPSA) is 99.2 Å². The van der Waals surface area contributed by atoms with Crippen molar-refractivity contribution < 1.29 is 33.4 Å². The van der Waals surface area contributed by atoms with Gasteiger partial charge in [0.05, 0.1) is 13.1 Å². The fraction of sp³-hybridized carbons (Fsp3) is 0.833. The van der Waals surface area contributed by atoms with Crippen molar-refractivity contribution in [3.05, 3.63) is 36.5 Å². The molecule has 0 unspecified atom stereocenters. The van der Waals surface area contributed by atoms with E-state index in [0.29, 0.717) is 12.8 Å². The first kappa shape index (κ1) is 65.1. The molecule has 0 fully saturated rings. The zero-order valence-electron chi connectivity index (χ0n) is 45.0. The molecule has 0 rings (SSSR count). The Morgan fingerprint density at radius 1 is 0.309 bits per heavy atom. The summed E-state index contributed by atoms with van der Waals surface area (Å²) >= 11 is 0. The number of ether oxygens (including phenoxy) is 3. The standard InChI is InChI=1S/C60H109NO7/c1-4-7-10-13-16-19-22-25-28-31-34-37-40-43-46-49-58(63)66-54-52-61(53-55-67-59(64)50-47-44-41-38-35-32-29-26-23-20-17-14-11-8-5-2)57(62)56-68-60(65)51-48-45-42-39-36-33-30-27-24-21-18-15-12-9-6-3/h25-30H,4-24,31-56H2,1-3H3/b28-25-,29-26-,30-27-. The first-order valence-electron chi connectivity index (χ1n) is 29.1. The van der Waals surface area contributed by atoms with Crippen LogP contribution in [0.1, 0.15) is 290 Å². The molecule has 0 heterocycles. The third kappa shape index (κ3) is 51.0. The van der Waals surface area contributed by atoms with Crippen LogP contribution < -0.4 is 0 Å². The second kappa shape index (κ2) is 55.0. The maximum absolute atomic E-state index is 13.2. The molecule has 0 aliphatic carbocycles. The predicted octanol–water partition coefficient (Wildman–Crippen LogP) is 17.6. The third-order valence-electron chi connectivity index (χ3n) is 12.9. The minimum Gasteiger partial charge on any atom is -0.464 e. The van der Waals surface area contributed by atoms with Gasteiger partial charge in [-0.3, -0.25) is 19.2 Å². The van der Waals surface area contributed by atoms with E-state index in [9.17, 15) is 19.2 Å². The summed E-state index contributed by atoms with van der Waals surface area (Å²) in [7, 11) is 0. The van der Waals surface area contributed by atoms with E-state index in [0.717, 1.165) is 96.3 Å². The van der Waals surface area contributed by atoms with Crippen LogP contribution in [0.5, 0.6) is 0 Å². The van der Waals surface area contributed by atoms with Crippen molar-refractivity contribution in [2.24, 2.45) is 0 Å². The normalized spacial score (nSPS) is 11.6. The number of amides is 1. The van der Waals surface area contributed by atoms with Crippen LogP contribution in [0.2, 0.25) is 0 Å². The third-order valence-corrected chi connectivity index (χ3v) is 12.9. The summed E-state index contributed by atoms with van der Waals surface area (Å²) in [4.78, 5) is 52.3. The van der Waals surface area contributed by atoms with Crippen molar-refractivity contribution in [2.75, 3.05) is 32.9 Å². The van der Waals surface area contributed by atoms with Gasteiger partial charge in [-0.25, -0.2) is 0 Å². The van der Waals surface area contributed by atoms with Crippen LogP contribution in [0.4, 0.5) is 0 Å². The molecule has 396 valence electrons. The Balaban J connectivity index is 4.47. The second-order valence-electron chi connectivity index (χ2n) is 19.5. The van der Waals surface area contributed by atoms with Crippen molar-refractivity contribution in [1.82, 2.24) is 4.90 Å². The molecule has 0 spiro atoms. The average molecular weight is 957 g/mol. The molecular formula is C60H109NO7. The number of rotatable bonds is 53. The van der Waals surface area contributed by atoms with Gasteiger partial charge in [-0.15, -0.1) is 0 Å². The van der Waals surface area contributed by atoms with E-state index < -0.39 is 0 Å². The smallest absolute Gasteiger partial charge is 0.306 e. The molecule has 0 aromatic carbocycles. The largest absolute Gasteiger partial charge is 0.464 e. The minimum absolute atomic E-state index is 0.0430. The highest BCUT2D eigenvalue weighted by atomic mass is 16.5. The van der Waals surface area contributed by atoms with Crippen molar-refractivity contribution >= 4 is 23.8 Å². The van der Waals surface area contributed by atoms with Gasteiger partial charge in [-0.05, 0) is 96.3 Å². The molecular weight excluding hydrogens is 847 g/mol. The summed E-state index contributed by atoms with van der Waals surface area (Å²) in [6.45, 7) is 6.77. The van der Waals surface area contributed by atoms with Crippen LogP contribution in [0, 0.1) is 0 Å². The van der Waals surface area contributed by atoms with Gasteiger partial charge in [0.2, 0.25) is 0 Å². The van der Waals surface area contributed by atoms with Crippen molar-refractivity contribution in [1.29, 1.82) is 0 Å². The van der Waals surface area contributed by atoms with Crippen LogP contribution in [-0.4, -0.2) is 61.6 Å². The van der Waals surface area contributed by atoms with Gasteiger partial charge in [0.15, 0.2) is 6.61 Å². The number of allylic oxidation sites excluding steroid dienone is 6. The number of esters is 3. The summed E-state index contributed by atoms with van der Waals surface area (Å²) in [5.74, 6) is -1.31. The second-order valence-corrected chi connectivity index (χ2v) is 19.5. The predicted molar refractivity (Wildman–Crippen MR) is 288 cm³/mol. The van der Waals surface area contributed by atoms with E-state index >= 15 is 0 Å². The molecule has 0 aromatic heterocycles. The zero-order valence-corrected chi connectivity index (χ0v) is 45.0. The molecule has 0 aliphatic heterocycles. The first-order valence-corrected chi connectivity index (χ1v) is 29.1. The Hall–Kier alpha value is -2.90. The maximum Gasteiger partial charge on any atom is 0.306 e. The van der Waals surface area contributed by atoms with Crippen LogP contribution in [0.3, 0.4) is 0 Å². The lowest BCUT2D eigenvalue weighted by molar-refractivity contribution is -0.154. The Kier molecular flexibility index (Phi) is 52.7. The Morgan fingerprint density at radius 2 is 0.544 bits per heavy atom. The molecule has 0 saturated carbocycles. The van der Waals surface area contributed by atoms with Gasteiger partial charge in [0.1, 0.15) is 13.2 Å². The minimum atomic E-state index is -0.385. The highest BCUT2D eigenvalue weighted by Crippen LogP contribution is 2.14. The van der Waals surface area contributed by atoms with Crippen LogP contribution in [0.25, 0.3) is 0 Å². The SMILES string of the molecule is CCCCCCCC/C=C\CCCCCCCC(=O)OCCN(CCOC(=O)CCCCCCC/C=C\CCCCCCCC)C(=O)COC(=O)CCCCCCC/C=C\CCCCCCCC. The molecule has 0 saturated heterocycles. The fourth-order valence-corrected chi connectivity index (χ4v) is 8.37. The summed E-state index contributed by atoms with van der Waals surface area (Å²) in [6.07, 6.45) is 61.5. The van der Waals surface area contributed by atoms with Crippen LogP contribution >= 0.6 is 0 Å². The van der Waals surface area contributed by atoms with Gasteiger partial charge in [0.25, 0.3) is 5.91 Å². The highest BCUT2D eigenvalue weighted by molar-refractivity contribution is 5.80. The number of hydrogen-bond donors (Lipinski definition) is 0. The van der Waals surface area contributed by atoms with Gasteiger partial charge < -0.3 is 19.1 Å². The van der Waals surface area contributed by atoms with Gasteiger partial charge in [-0.2, -0.15) is 0 Å². The molecule has 0 aromatic rings. The molecule has 0 N–H and O–H groups in total. The average Bonchev–Trinajstić information content (AvgIpc) is 3.33. The number of hydrogen-bond acceptors (Lipinski definition) is 7. The molecule has 0 bridgehead atoms. The van der Waals surface area contributed by atoms with Crippen molar-refractivity contribution in [3.63, 3.8) is 0 Å². The van der Waals surface area contributed by atoms with E-state index in [4.69, 9.17) is 14.2 Å². The zero-order chi connectivity index (χ0) is 49.5. The van der Waals surface area contributed by atoms with Crippen molar-refractivity contribution in [2.45, 2.75) is 290 Å². The Bertz CT molecular complexity index is 1150. The van der Waals surface area contributed by atoms with Gasteiger partial charge >= 0.3 is 17.9 Å². The molecule has 0 aliphatic rings. The van der Waals surface area contributed by atoms with E-state index in [1.54, 1.807) is 0 Å². The molecule has 68 heavy (non-hydrogen) atoms. The fourth-order valence-electron chi connectivity index (χ4n) is 8.37. The molecule has 8 heteroatoms. The molecule has 0 radical (unpaired) electrons. The lowest BCUT2D eigenvalue weighted by Gasteiger charge is -2.22. The van der Waals surface area contributed by atoms with Gasteiger partial charge in [-0.1, -0.05) is 211 Å². The highest BCUT2D eigenvalue weighted by Gasteiger charge is 2.18. The summed E-state index contributed by atoms with van der Waals surface area (Å²) in [6, 6.07) is 0. The number of unbranched alkanes of at least 4 members (excludes halogenated alkanes) is 33. The summed E-state index contributed by atoms with van der Waals surface area (Å²) < 4.78 is 16.4. The van der Waals surface area contributed by atoms with E-state index in [1.807, 2.05) is 0 Å². The number of carbonyl (C=O) groups excluding carboxylic acids is 4. The number of nitrogens with zero attached hydrogens (tertiary/aromatic N) is 1. The number of carbonyl (C=O) groups is 4. The molecule has 1 amide bonds. The van der Waals surface area contributed by atoms with Gasteiger partial charge in [0, 0.05) is 19.3 Å². The first-order chi connectivity index (χ1) is 33.4. The van der Waals surface area contributed by atoms with Crippen LogP contribution in [0.15, 0.2) is 36.5 Å². The summed E-state index contributed by atoms with van der Waals surface area (Å²) in [5, 5.41) is 0. The maximum atomic E-state index is 13.2. The molecule has 8 nitrogen and oxygen atoms in total. The van der Waals surface area contributed by atoms with E-state index in [1.165, 1.54) is 159 Å².